The van der Waals surface area contributed by atoms with E-state index in [1.54, 1.807) is 54.3 Å². The second-order valence-corrected chi connectivity index (χ2v) is 7.25. The third kappa shape index (κ3) is 3.97. The van der Waals surface area contributed by atoms with Crippen molar-refractivity contribution in [3.8, 4) is 28.9 Å². The van der Waals surface area contributed by atoms with Crippen LogP contribution in [0.25, 0.3) is 28.2 Å². The van der Waals surface area contributed by atoms with Gasteiger partial charge in [-0.2, -0.15) is 5.26 Å². The molecular formula is C22H16FN9O. The van der Waals surface area contributed by atoms with Crippen molar-refractivity contribution in [3.63, 3.8) is 0 Å². The molecule has 0 saturated heterocycles. The van der Waals surface area contributed by atoms with Crippen LogP contribution in [0.4, 0.5) is 4.39 Å². The Morgan fingerprint density at radius 1 is 1.15 bits per heavy atom. The summed E-state index contributed by atoms with van der Waals surface area (Å²) in [6.07, 6.45) is 4.27. The van der Waals surface area contributed by atoms with E-state index in [1.165, 1.54) is 17.1 Å². The van der Waals surface area contributed by atoms with E-state index in [2.05, 4.69) is 31.6 Å². The summed E-state index contributed by atoms with van der Waals surface area (Å²) in [5.41, 5.74) is 2.83. The predicted octanol–water partition coefficient (Wildman–Crippen LogP) is 2.95. The summed E-state index contributed by atoms with van der Waals surface area (Å²) in [4.78, 5) is 13.4. The van der Waals surface area contributed by atoms with Crippen molar-refractivity contribution in [2.75, 3.05) is 0 Å². The molecule has 0 bridgehead atoms. The van der Waals surface area contributed by atoms with E-state index in [0.717, 1.165) is 0 Å². The molecule has 0 aliphatic carbocycles. The van der Waals surface area contributed by atoms with Gasteiger partial charge in [0.2, 0.25) is 0 Å². The Kier molecular flexibility index (Phi) is 5.16. The van der Waals surface area contributed by atoms with Crippen LogP contribution in [-0.4, -0.2) is 45.8 Å². The number of nitriles is 1. The number of halogens is 1. The van der Waals surface area contributed by atoms with Crippen molar-refractivity contribution in [2.24, 2.45) is 0 Å². The van der Waals surface area contributed by atoms with Crippen molar-refractivity contribution >= 4 is 11.2 Å². The lowest BCUT2D eigenvalue weighted by Crippen LogP contribution is -2.20. The molecule has 0 saturated carbocycles. The van der Waals surface area contributed by atoms with E-state index in [9.17, 15) is 9.65 Å². The minimum absolute atomic E-state index is 0.0972. The Hall–Kier alpha value is -4.72. The summed E-state index contributed by atoms with van der Waals surface area (Å²) >= 11 is 0. The first-order valence-corrected chi connectivity index (χ1v) is 9.99. The molecule has 10 nitrogen and oxygen atoms in total. The van der Waals surface area contributed by atoms with E-state index in [1.807, 2.05) is 6.07 Å². The molecule has 0 amide bonds. The first kappa shape index (κ1) is 20.2. The van der Waals surface area contributed by atoms with Crippen molar-refractivity contribution in [1.82, 2.24) is 39.7 Å². The Balaban J connectivity index is 1.49. The van der Waals surface area contributed by atoms with Crippen LogP contribution in [0.1, 0.15) is 12.5 Å². The van der Waals surface area contributed by atoms with Gasteiger partial charge in [0.25, 0.3) is 0 Å². The van der Waals surface area contributed by atoms with E-state index in [0.29, 0.717) is 40.3 Å². The van der Waals surface area contributed by atoms with Crippen LogP contribution >= 0.6 is 0 Å². The van der Waals surface area contributed by atoms with Crippen LogP contribution < -0.4 is 4.74 Å². The number of imidazole rings is 1. The third-order valence-corrected chi connectivity index (χ3v) is 4.92. The van der Waals surface area contributed by atoms with Gasteiger partial charge in [-0.3, -0.25) is 4.57 Å². The quantitative estimate of drug-likeness (QED) is 0.394. The Morgan fingerprint density at radius 3 is 2.88 bits per heavy atom. The Morgan fingerprint density at radius 2 is 2.06 bits per heavy atom. The standard InChI is InChI=1S/C22H16FN9O/c1-14(11-31-13-27-29-30-31)33-20-9-15(4-5-17(20)23)18-6-7-19-22(28-18)32(12-26-19)21-16(10-24)3-2-8-25-21/h2-9,12-14H,11H2,1H3. The number of nitrogens with zero attached hydrogens (tertiary/aromatic N) is 9. The highest BCUT2D eigenvalue weighted by Crippen LogP contribution is 2.28. The molecule has 0 N–H and O–H groups in total. The highest BCUT2D eigenvalue weighted by Gasteiger charge is 2.15. The molecule has 1 unspecified atom stereocenters. The SMILES string of the molecule is CC(Cn1cnnn1)Oc1cc(-c2ccc3ncn(-c4ncccc4C#N)c3n2)ccc1F. The predicted molar refractivity (Wildman–Crippen MR) is 115 cm³/mol. The van der Waals surface area contributed by atoms with Crippen LogP contribution in [0, 0.1) is 17.1 Å². The van der Waals surface area contributed by atoms with Gasteiger partial charge in [-0.05, 0) is 59.8 Å². The summed E-state index contributed by atoms with van der Waals surface area (Å²) in [6.45, 7) is 2.17. The third-order valence-electron chi connectivity index (χ3n) is 4.92. The van der Waals surface area contributed by atoms with Gasteiger partial charge in [-0.25, -0.2) is 24.0 Å². The number of rotatable bonds is 6. The van der Waals surface area contributed by atoms with Crippen molar-refractivity contribution in [1.29, 1.82) is 5.26 Å². The lowest BCUT2D eigenvalue weighted by molar-refractivity contribution is 0.185. The zero-order valence-corrected chi connectivity index (χ0v) is 17.4. The topological polar surface area (TPSA) is 120 Å². The molecule has 11 heteroatoms. The summed E-state index contributed by atoms with van der Waals surface area (Å²) in [6, 6.07) is 13.7. The smallest absolute Gasteiger partial charge is 0.166 e. The Labute approximate surface area is 186 Å². The van der Waals surface area contributed by atoms with Gasteiger partial charge in [0.05, 0.1) is 17.8 Å². The van der Waals surface area contributed by atoms with Crippen LogP contribution in [-0.2, 0) is 6.54 Å². The molecule has 0 fully saturated rings. The summed E-state index contributed by atoms with van der Waals surface area (Å²) in [7, 11) is 0. The molecule has 0 aliphatic rings. The molecular weight excluding hydrogens is 425 g/mol. The lowest BCUT2D eigenvalue weighted by Gasteiger charge is -2.15. The molecule has 0 aliphatic heterocycles. The number of aromatic nitrogens is 8. The minimum atomic E-state index is -0.486. The Bertz CT molecular complexity index is 1470. The van der Waals surface area contributed by atoms with Gasteiger partial charge in [0.1, 0.15) is 30.3 Å². The highest BCUT2D eigenvalue weighted by molar-refractivity contribution is 5.77. The van der Waals surface area contributed by atoms with Crippen LogP contribution in [0.15, 0.2) is 61.3 Å². The average molecular weight is 441 g/mol. The van der Waals surface area contributed by atoms with Gasteiger partial charge in [-0.15, -0.1) is 5.10 Å². The molecule has 4 aromatic heterocycles. The second-order valence-electron chi connectivity index (χ2n) is 7.25. The summed E-state index contributed by atoms with van der Waals surface area (Å²) in [5.74, 6) is 0.0484. The number of hydrogen-bond acceptors (Lipinski definition) is 8. The molecule has 0 radical (unpaired) electrons. The van der Waals surface area contributed by atoms with Crippen molar-refractivity contribution in [3.05, 3.63) is 72.7 Å². The zero-order valence-electron chi connectivity index (χ0n) is 17.4. The van der Waals surface area contributed by atoms with Gasteiger partial charge in [0.15, 0.2) is 23.0 Å². The van der Waals surface area contributed by atoms with Gasteiger partial charge < -0.3 is 4.74 Å². The number of benzene rings is 1. The molecule has 1 aromatic carbocycles. The number of pyridine rings is 2. The largest absolute Gasteiger partial charge is 0.486 e. The molecule has 0 spiro atoms. The highest BCUT2D eigenvalue weighted by atomic mass is 19.1. The monoisotopic (exact) mass is 441 g/mol. The molecule has 4 heterocycles. The van der Waals surface area contributed by atoms with E-state index in [-0.39, 0.29) is 11.9 Å². The van der Waals surface area contributed by atoms with Gasteiger partial charge in [-0.1, -0.05) is 0 Å². The van der Waals surface area contributed by atoms with Crippen LogP contribution in [0.5, 0.6) is 5.75 Å². The summed E-state index contributed by atoms with van der Waals surface area (Å²) < 4.78 is 23.4. The normalized spacial score (nSPS) is 11.9. The fraction of sp³-hybridized carbons (Fsp3) is 0.136. The number of tetrazole rings is 1. The molecule has 1 atom stereocenters. The maximum absolute atomic E-state index is 14.5. The van der Waals surface area contributed by atoms with E-state index in [4.69, 9.17) is 9.72 Å². The maximum atomic E-state index is 14.5. The second kappa shape index (κ2) is 8.43. The molecule has 5 aromatic rings. The van der Waals surface area contributed by atoms with Gasteiger partial charge >= 0.3 is 0 Å². The minimum Gasteiger partial charge on any atom is -0.486 e. The fourth-order valence-corrected chi connectivity index (χ4v) is 3.42. The van der Waals surface area contributed by atoms with Crippen molar-refractivity contribution < 1.29 is 9.13 Å². The zero-order chi connectivity index (χ0) is 22.8. The first-order chi connectivity index (χ1) is 16.1. The maximum Gasteiger partial charge on any atom is 0.166 e. The molecule has 5 rings (SSSR count). The van der Waals surface area contributed by atoms with Crippen LogP contribution in [0.3, 0.4) is 0 Å². The average Bonchev–Trinajstić information content (AvgIpc) is 3.50. The van der Waals surface area contributed by atoms with E-state index >= 15 is 0 Å². The van der Waals surface area contributed by atoms with Gasteiger partial charge in [0, 0.05) is 11.8 Å². The first-order valence-electron chi connectivity index (χ1n) is 9.99. The number of hydrogen-bond donors (Lipinski definition) is 0. The lowest BCUT2D eigenvalue weighted by atomic mass is 10.1. The van der Waals surface area contributed by atoms with E-state index < -0.39 is 5.82 Å². The fourth-order valence-electron chi connectivity index (χ4n) is 3.42. The number of fused-ring (bicyclic) bond motifs is 1. The molecule has 33 heavy (non-hydrogen) atoms. The number of ether oxygens (including phenoxy) is 1. The van der Waals surface area contributed by atoms with Crippen molar-refractivity contribution in [2.45, 2.75) is 19.6 Å². The molecule has 162 valence electrons. The summed E-state index contributed by atoms with van der Waals surface area (Å²) in [5, 5.41) is 20.4. The van der Waals surface area contributed by atoms with Crippen LogP contribution in [0.2, 0.25) is 0 Å².